The summed E-state index contributed by atoms with van der Waals surface area (Å²) in [7, 11) is 0. The van der Waals surface area contributed by atoms with Crippen LogP contribution in [-0.2, 0) is 4.79 Å². The van der Waals surface area contributed by atoms with Crippen LogP contribution in [0.25, 0.3) is 0 Å². The molecule has 0 radical (unpaired) electrons. The Morgan fingerprint density at radius 2 is 2.16 bits per heavy atom. The van der Waals surface area contributed by atoms with Crippen molar-refractivity contribution in [2.45, 2.75) is 32.4 Å². The van der Waals surface area contributed by atoms with Crippen LogP contribution in [0.4, 0.5) is 0 Å². The van der Waals surface area contributed by atoms with Gasteiger partial charge in [-0.25, -0.2) is 0 Å². The fourth-order valence-corrected chi connectivity index (χ4v) is 3.74. The molecule has 2 N–H and O–H groups in total. The quantitative estimate of drug-likeness (QED) is 0.917. The first-order valence-electron chi connectivity index (χ1n) is 6.88. The van der Waals surface area contributed by atoms with Crippen molar-refractivity contribution in [1.82, 2.24) is 9.80 Å². The van der Waals surface area contributed by atoms with Crippen LogP contribution in [0.1, 0.15) is 31.2 Å². The third kappa shape index (κ3) is 3.55. The average molecular weight is 281 g/mol. The first-order chi connectivity index (χ1) is 9.09. The van der Waals surface area contributed by atoms with E-state index < -0.39 is 0 Å². The van der Waals surface area contributed by atoms with E-state index in [4.69, 9.17) is 5.73 Å². The smallest absolute Gasteiger partial charge is 0.219 e. The van der Waals surface area contributed by atoms with Crippen LogP contribution in [0, 0.1) is 0 Å². The predicted octanol–water partition coefficient (Wildman–Crippen LogP) is 1.69. The summed E-state index contributed by atoms with van der Waals surface area (Å²) in [5, 5.41) is 2.10. The van der Waals surface area contributed by atoms with Gasteiger partial charge in [-0.1, -0.05) is 6.07 Å². The summed E-state index contributed by atoms with van der Waals surface area (Å²) in [5.41, 5.74) is 6.19. The second-order valence-corrected chi connectivity index (χ2v) is 6.19. The van der Waals surface area contributed by atoms with Gasteiger partial charge >= 0.3 is 0 Å². The van der Waals surface area contributed by atoms with Gasteiger partial charge in [-0.15, -0.1) is 11.3 Å². The zero-order chi connectivity index (χ0) is 13.8. The lowest BCUT2D eigenvalue weighted by Crippen LogP contribution is -2.41. The number of nitrogens with two attached hydrogens (primary N) is 1. The highest BCUT2D eigenvalue weighted by atomic mass is 32.1. The van der Waals surface area contributed by atoms with Gasteiger partial charge in [-0.05, 0) is 24.8 Å². The third-order valence-corrected chi connectivity index (χ3v) is 4.64. The number of carbonyl (C=O) groups is 1. The topological polar surface area (TPSA) is 49.6 Å². The SMILES string of the molecule is CC(=O)N1CCCN(C(c2cccs2)C(C)N)CC1. The number of carbonyl (C=O) groups excluding carboxylic acids is 1. The Labute approximate surface area is 119 Å². The van der Waals surface area contributed by atoms with Crippen molar-refractivity contribution in [3.05, 3.63) is 22.4 Å². The fourth-order valence-electron chi connectivity index (χ4n) is 2.76. The Morgan fingerprint density at radius 1 is 1.37 bits per heavy atom. The summed E-state index contributed by atoms with van der Waals surface area (Å²) in [4.78, 5) is 17.2. The first kappa shape index (κ1) is 14.5. The maximum absolute atomic E-state index is 11.5. The van der Waals surface area contributed by atoms with E-state index in [1.54, 1.807) is 18.3 Å². The van der Waals surface area contributed by atoms with Gasteiger partial charge in [-0.3, -0.25) is 9.69 Å². The molecular formula is C14H23N3OS. The van der Waals surface area contributed by atoms with Crippen LogP contribution < -0.4 is 5.73 Å². The summed E-state index contributed by atoms with van der Waals surface area (Å²) < 4.78 is 0. The molecule has 5 heteroatoms. The fraction of sp³-hybridized carbons (Fsp3) is 0.643. The van der Waals surface area contributed by atoms with Crippen LogP contribution >= 0.6 is 11.3 Å². The van der Waals surface area contributed by atoms with Gasteiger partial charge in [0.1, 0.15) is 0 Å². The Kier molecular flexibility index (Phi) is 4.96. The van der Waals surface area contributed by atoms with Crippen molar-refractivity contribution < 1.29 is 4.79 Å². The molecule has 1 aromatic heterocycles. The molecule has 2 unspecified atom stereocenters. The number of hydrogen-bond donors (Lipinski definition) is 1. The van der Waals surface area contributed by atoms with Gasteiger partial charge in [0.15, 0.2) is 0 Å². The maximum Gasteiger partial charge on any atom is 0.219 e. The monoisotopic (exact) mass is 281 g/mol. The van der Waals surface area contributed by atoms with Crippen LogP contribution in [0.5, 0.6) is 0 Å². The van der Waals surface area contributed by atoms with Gasteiger partial charge < -0.3 is 10.6 Å². The van der Waals surface area contributed by atoms with Crippen LogP contribution in [-0.4, -0.2) is 47.9 Å². The second kappa shape index (κ2) is 6.50. The van der Waals surface area contributed by atoms with Gasteiger partial charge in [0, 0.05) is 44.0 Å². The zero-order valence-corrected chi connectivity index (χ0v) is 12.5. The molecule has 0 aromatic carbocycles. The molecule has 0 aliphatic carbocycles. The van der Waals surface area contributed by atoms with Gasteiger partial charge in [0.2, 0.25) is 5.91 Å². The van der Waals surface area contributed by atoms with E-state index in [0.717, 1.165) is 32.6 Å². The van der Waals surface area contributed by atoms with E-state index in [2.05, 4.69) is 29.3 Å². The van der Waals surface area contributed by atoms with Crippen molar-refractivity contribution in [3.8, 4) is 0 Å². The summed E-state index contributed by atoms with van der Waals surface area (Å²) >= 11 is 1.76. The van der Waals surface area contributed by atoms with E-state index in [1.807, 2.05) is 4.90 Å². The molecule has 1 aromatic rings. The molecule has 1 saturated heterocycles. The molecule has 19 heavy (non-hydrogen) atoms. The standard InChI is InChI=1S/C14H23N3OS/c1-11(15)14(13-5-3-10-19-13)17-7-4-6-16(8-9-17)12(2)18/h3,5,10-11,14H,4,6-9,15H2,1-2H3. The van der Waals surface area contributed by atoms with Gasteiger partial charge in [0.05, 0.1) is 6.04 Å². The summed E-state index contributed by atoms with van der Waals surface area (Å²) in [5.74, 6) is 0.176. The molecular weight excluding hydrogens is 258 g/mol. The van der Waals surface area contributed by atoms with Gasteiger partial charge in [-0.2, -0.15) is 0 Å². The minimum atomic E-state index is 0.0996. The third-order valence-electron chi connectivity index (χ3n) is 3.70. The molecule has 2 atom stereocenters. The number of rotatable bonds is 3. The number of amides is 1. The summed E-state index contributed by atoms with van der Waals surface area (Å²) in [6.07, 6.45) is 1.02. The predicted molar refractivity (Wildman–Crippen MR) is 79.2 cm³/mol. The van der Waals surface area contributed by atoms with E-state index in [9.17, 15) is 4.79 Å². The maximum atomic E-state index is 11.5. The molecule has 0 saturated carbocycles. The van der Waals surface area contributed by atoms with Crippen molar-refractivity contribution in [3.63, 3.8) is 0 Å². The Bertz CT molecular complexity index is 405. The largest absolute Gasteiger partial charge is 0.342 e. The van der Waals surface area contributed by atoms with Crippen LogP contribution in [0.3, 0.4) is 0 Å². The van der Waals surface area contributed by atoms with Crippen molar-refractivity contribution >= 4 is 17.2 Å². The average Bonchev–Trinajstić information content (AvgIpc) is 2.74. The van der Waals surface area contributed by atoms with Gasteiger partial charge in [0.25, 0.3) is 0 Å². The van der Waals surface area contributed by atoms with Crippen molar-refractivity contribution in [2.75, 3.05) is 26.2 Å². The minimum Gasteiger partial charge on any atom is -0.342 e. The number of hydrogen-bond acceptors (Lipinski definition) is 4. The molecule has 1 aliphatic heterocycles. The zero-order valence-electron chi connectivity index (χ0n) is 11.7. The van der Waals surface area contributed by atoms with Crippen LogP contribution in [0.2, 0.25) is 0 Å². The lowest BCUT2D eigenvalue weighted by atomic mass is 10.1. The highest BCUT2D eigenvalue weighted by molar-refractivity contribution is 7.10. The van der Waals surface area contributed by atoms with E-state index in [1.165, 1.54) is 4.88 Å². The molecule has 4 nitrogen and oxygen atoms in total. The Morgan fingerprint density at radius 3 is 2.74 bits per heavy atom. The molecule has 1 aliphatic rings. The molecule has 2 heterocycles. The Hall–Kier alpha value is -0.910. The molecule has 1 fully saturated rings. The number of nitrogens with zero attached hydrogens (tertiary/aromatic N) is 2. The van der Waals surface area contributed by atoms with E-state index in [-0.39, 0.29) is 18.0 Å². The summed E-state index contributed by atoms with van der Waals surface area (Å²) in [6, 6.07) is 4.61. The number of thiophene rings is 1. The van der Waals surface area contributed by atoms with E-state index >= 15 is 0 Å². The highest BCUT2D eigenvalue weighted by Gasteiger charge is 2.27. The Balaban J connectivity index is 2.08. The molecule has 1 amide bonds. The second-order valence-electron chi connectivity index (χ2n) is 5.21. The molecule has 106 valence electrons. The lowest BCUT2D eigenvalue weighted by Gasteiger charge is -2.32. The van der Waals surface area contributed by atoms with Crippen molar-refractivity contribution in [1.29, 1.82) is 0 Å². The summed E-state index contributed by atoms with van der Waals surface area (Å²) in [6.45, 7) is 7.30. The first-order valence-corrected chi connectivity index (χ1v) is 7.76. The minimum absolute atomic E-state index is 0.0996. The normalized spacial score (nSPS) is 20.9. The van der Waals surface area contributed by atoms with E-state index in [0.29, 0.717) is 0 Å². The highest BCUT2D eigenvalue weighted by Crippen LogP contribution is 2.28. The molecule has 0 spiro atoms. The molecule has 0 bridgehead atoms. The van der Waals surface area contributed by atoms with Crippen molar-refractivity contribution in [2.24, 2.45) is 5.73 Å². The lowest BCUT2D eigenvalue weighted by molar-refractivity contribution is -0.128. The van der Waals surface area contributed by atoms with Crippen LogP contribution in [0.15, 0.2) is 17.5 Å². The molecule has 2 rings (SSSR count).